The average Bonchev–Trinajstić information content (AvgIpc) is 2.23. The largest absolute Gasteiger partial charge is 0.478 e. The Labute approximate surface area is 94.6 Å². The van der Waals surface area contributed by atoms with E-state index in [9.17, 15) is 14.0 Å². The minimum absolute atomic E-state index is 0.00356. The number of halogens is 2. The summed E-state index contributed by atoms with van der Waals surface area (Å²) < 4.78 is 18.2. The quantitative estimate of drug-likeness (QED) is 0.763. The summed E-state index contributed by atoms with van der Waals surface area (Å²) in [6, 6.07) is 2.55. The number of hydrogen-bond donors (Lipinski definition) is 1. The molecule has 1 N–H and O–H groups in total. The van der Waals surface area contributed by atoms with Crippen LogP contribution in [0.2, 0.25) is 5.02 Å². The van der Waals surface area contributed by atoms with E-state index >= 15 is 0 Å². The summed E-state index contributed by atoms with van der Waals surface area (Å²) in [6.45, 7) is 0. The van der Waals surface area contributed by atoms with Crippen molar-refractivity contribution >= 4 is 23.5 Å². The van der Waals surface area contributed by atoms with Crippen molar-refractivity contribution in [2.75, 3.05) is 0 Å². The van der Waals surface area contributed by atoms with E-state index in [-0.39, 0.29) is 22.6 Å². The molecule has 0 fully saturated rings. The predicted octanol–water partition coefficient (Wildman–Crippen LogP) is 1.65. The Morgan fingerprint density at radius 3 is 2.88 bits per heavy atom. The average molecular weight is 245 g/mol. The van der Waals surface area contributed by atoms with Gasteiger partial charge < -0.3 is 9.84 Å². The summed E-state index contributed by atoms with van der Waals surface area (Å²) in [5.41, 5.74) is 0.0237. The minimum Gasteiger partial charge on any atom is -0.478 e. The first-order valence-electron chi connectivity index (χ1n) is 4.41. The summed E-state index contributed by atoms with van der Waals surface area (Å²) in [5, 5.41) is 8.57. The lowest BCUT2D eigenvalue weighted by Crippen LogP contribution is -2.34. The number of aliphatic carboxylic acids is 1. The fourth-order valence-electron chi connectivity index (χ4n) is 1.54. The van der Waals surface area contributed by atoms with Crippen molar-refractivity contribution in [2.45, 2.75) is 12.5 Å². The molecule has 1 atom stereocenters. The highest BCUT2D eigenvalue weighted by Gasteiger charge is 2.33. The van der Waals surface area contributed by atoms with Crippen molar-refractivity contribution in [3.8, 4) is 0 Å². The fraction of sp³-hybridized carbons (Fsp3) is 0.200. The zero-order valence-corrected chi connectivity index (χ0v) is 8.62. The first kappa shape index (κ1) is 10.9. The molecule has 0 aromatic heterocycles. The van der Waals surface area contributed by atoms with Crippen molar-refractivity contribution in [1.29, 1.82) is 0 Å². The van der Waals surface area contributed by atoms with E-state index in [1.54, 1.807) is 0 Å². The highest BCUT2D eigenvalue weighted by atomic mass is 35.5. The van der Waals surface area contributed by atoms with Crippen LogP contribution in [0.4, 0.5) is 4.39 Å². The van der Waals surface area contributed by atoms with Gasteiger partial charge in [0.25, 0.3) is 0 Å². The monoisotopic (exact) mass is 244 g/mol. The van der Waals surface area contributed by atoms with E-state index in [1.165, 1.54) is 12.1 Å². The number of carboxylic acids is 1. The number of carboxylic acid groups (broad SMARTS) is 1. The second kappa shape index (κ2) is 3.75. The number of cyclic esters (lactones) is 1. The lowest BCUT2D eigenvalue weighted by Gasteiger charge is -2.22. The van der Waals surface area contributed by atoms with Gasteiger partial charge >= 0.3 is 11.9 Å². The summed E-state index contributed by atoms with van der Waals surface area (Å²) in [7, 11) is 0. The molecule has 1 heterocycles. The number of carbonyl (C=O) groups is 2. The second-order valence-electron chi connectivity index (χ2n) is 3.32. The number of rotatable bonds is 1. The zero-order chi connectivity index (χ0) is 11.9. The molecular weight excluding hydrogens is 239 g/mol. The van der Waals surface area contributed by atoms with Gasteiger partial charge in [0.1, 0.15) is 5.82 Å². The van der Waals surface area contributed by atoms with E-state index in [4.69, 9.17) is 16.7 Å². The summed E-state index contributed by atoms with van der Waals surface area (Å²) >= 11 is 5.55. The minimum atomic E-state index is -1.35. The van der Waals surface area contributed by atoms with Gasteiger partial charge in [0.05, 0.1) is 10.6 Å². The second-order valence-corrected chi connectivity index (χ2v) is 3.73. The molecule has 0 amide bonds. The van der Waals surface area contributed by atoms with Crippen molar-refractivity contribution in [3.63, 3.8) is 0 Å². The number of carbonyl (C=O) groups excluding carboxylic acids is 1. The van der Waals surface area contributed by atoms with Crippen LogP contribution in [0, 0.1) is 5.82 Å². The number of ether oxygens (including phenoxy) is 1. The molecule has 0 saturated carbocycles. The molecule has 1 aliphatic heterocycles. The normalized spacial score (nSPS) is 18.9. The maximum absolute atomic E-state index is 13.6. The number of benzene rings is 1. The van der Waals surface area contributed by atoms with Crippen LogP contribution in [0.15, 0.2) is 12.1 Å². The molecule has 0 spiro atoms. The highest BCUT2D eigenvalue weighted by molar-refractivity contribution is 6.31. The Hall–Kier alpha value is -1.62. The number of esters is 1. The SMILES string of the molecule is O=C1OC(C(=O)O)Cc2c1ccc(Cl)c2F. The van der Waals surface area contributed by atoms with Gasteiger partial charge in [-0.1, -0.05) is 11.6 Å². The van der Waals surface area contributed by atoms with Crippen LogP contribution in [-0.4, -0.2) is 23.1 Å². The Bertz CT molecular complexity index is 486. The van der Waals surface area contributed by atoms with Crippen LogP contribution in [0.25, 0.3) is 0 Å². The first-order valence-corrected chi connectivity index (χ1v) is 4.79. The van der Waals surface area contributed by atoms with Gasteiger partial charge in [-0.25, -0.2) is 14.0 Å². The van der Waals surface area contributed by atoms with Crippen LogP contribution < -0.4 is 0 Å². The molecule has 16 heavy (non-hydrogen) atoms. The maximum Gasteiger partial charge on any atom is 0.345 e. The van der Waals surface area contributed by atoms with E-state index in [0.717, 1.165) is 0 Å². The number of hydrogen-bond acceptors (Lipinski definition) is 3. The van der Waals surface area contributed by atoms with Gasteiger partial charge in [0, 0.05) is 12.0 Å². The Kier molecular flexibility index (Phi) is 2.55. The highest BCUT2D eigenvalue weighted by Crippen LogP contribution is 2.27. The van der Waals surface area contributed by atoms with Crippen LogP contribution in [0.1, 0.15) is 15.9 Å². The molecule has 0 bridgehead atoms. The zero-order valence-electron chi connectivity index (χ0n) is 7.87. The molecule has 84 valence electrons. The molecule has 6 heteroatoms. The lowest BCUT2D eigenvalue weighted by atomic mass is 9.98. The van der Waals surface area contributed by atoms with Crippen molar-refractivity contribution in [3.05, 3.63) is 34.1 Å². The molecule has 1 aromatic carbocycles. The van der Waals surface area contributed by atoms with E-state index in [1.807, 2.05) is 0 Å². The molecule has 0 radical (unpaired) electrons. The van der Waals surface area contributed by atoms with Crippen molar-refractivity contribution in [2.24, 2.45) is 0 Å². The smallest absolute Gasteiger partial charge is 0.345 e. The van der Waals surface area contributed by atoms with Gasteiger partial charge in [0.15, 0.2) is 0 Å². The molecule has 0 saturated heterocycles. The van der Waals surface area contributed by atoms with Crippen molar-refractivity contribution in [1.82, 2.24) is 0 Å². The Balaban J connectivity index is 2.51. The molecule has 2 rings (SSSR count). The van der Waals surface area contributed by atoms with Crippen LogP contribution in [0.5, 0.6) is 0 Å². The van der Waals surface area contributed by atoms with Crippen LogP contribution in [0.3, 0.4) is 0 Å². The third-order valence-corrected chi connectivity index (χ3v) is 2.62. The van der Waals surface area contributed by atoms with Gasteiger partial charge in [-0.2, -0.15) is 0 Å². The van der Waals surface area contributed by atoms with Gasteiger partial charge in [-0.3, -0.25) is 0 Å². The number of fused-ring (bicyclic) bond motifs is 1. The van der Waals surface area contributed by atoms with Gasteiger partial charge in [0.2, 0.25) is 6.10 Å². The predicted molar refractivity (Wildman–Crippen MR) is 52.0 cm³/mol. The maximum atomic E-state index is 13.6. The van der Waals surface area contributed by atoms with Gasteiger partial charge in [-0.15, -0.1) is 0 Å². The third-order valence-electron chi connectivity index (χ3n) is 2.33. The standard InChI is InChI=1S/C10H6ClFO4/c11-6-2-1-4-5(8(6)12)3-7(9(13)14)16-10(4)15/h1-2,7H,3H2,(H,13,14). The summed E-state index contributed by atoms with van der Waals surface area (Å²) in [5.74, 6) is -2.91. The topological polar surface area (TPSA) is 63.6 Å². The Morgan fingerprint density at radius 2 is 2.25 bits per heavy atom. The third kappa shape index (κ3) is 1.63. The lowest BCUT2D eigenvalue weighted by molar-refractivity contribution is -0.147. The van der Waals surface area contributed by atoms with E-state index in [2.05, 4.69) is 4.74 Å². The van der Waals surface area contributed by atoms with Crippen LogP contribution >= 0.6 is 11.6 Å². The molecule has 1 unspecified atom stereocenters. The van der Waals surface area contributed by atoms with Gasteiger partial charge in [-0.05, 0) is 12.1 Å². The molecule has 1 aromatic rings. The van der Waals surface area contributed by atoms with E-state index < -0.39 is 23.9 Å². The molecule has 4 nitrogen and oxygen atoms in total. The van der Waals surface area contributed by atoms with E-state index in [0.29, 0.717) is 0 Å². The molecule has 1 aliphatic rings. The fourth-order valence-corrected chi connectivity index (χ4v) is 1.72. The van der Waals surface area contributed by atoms with Crippen molar-refractivity contribution < 1.29 is 23.8 Å². The molecule has 0 aliphatic carbocycles. The van der Waals surface area contributed by atoms with Crippen LogP contribution in [-0.2, 0) is 16.0 Å². The summed E-state index contributed by atoms with van der Waals surface area (Å²) in [6.07, 6.45) is -1.56. The Morgan fingerprint density at radius 1 is 1.56 bits per heavy atom. The first-order chi connectivity index (χ1) is 7.50. The molecular formula is C10H6ClFO4. The summed E-state index contributed by atoms with van der Waals surface area (Å²) in [4.78, 5) is 22.0.